The molecule has 0 unspecified atom stereocenters. The highest BCUT2D eigenvalue weighted by atomic mass is 35.5. The third-order valence-corrected chi connectivity index (χ3v) is 5.08. The number of anilines is 1. The molecule has 108 valence electrons. The maximum Gasteiger partial charge on any atom is 0.254 e. The van der Waals surface area contributed by atoms with E-state index in [4.69, 9.17) is 11.6 Å². The number of amides is 1. The van der Waals surface area contributed by atoms with Crippen LogP contribution in [0.15, 0.2) is 24.4 Å². The van der Waals surface area contributed by atoms with Gasteiger partial charge in [-0.2, -0.15) is 0 Å². The molecule has 0 saturated heterocycles. The molecule has 1 aliphatic carbocycles. The molecule has 2 heterocycles. The van der Waals surface area contributed by atoms with Crippen LogP contribution in [0.2, 0.25) is 4.47 Å². The third kappa shape index (κ3) is 2.40. The fraction of sp³-hybridized carbons (Fsp3) is 0.333. The Hall–Kier alpha value is -1.59. The van der Waals surface area contributed by atoms with Gasteiger partial charge >= 0.3 is 0 Å². The van der Waals surface area contributed by atoms with E-state index >= 15 is 0 Å². The van der Waals surface area contributed by atoms with Crippen molar-refractivity contribution in [1.29, 1.82) is 0 Å². The molecule has 4 rings (SSSR count). The Morgan fingerprint density at radius 2 is 2.29 bits per heavy atom. The Bertz CT molecular complexity index is 711. The van der Waals surface area contributed by atoms with E-state index in [0.717, 1.165) is 41.1 Å². The van der Waals surface area contributed by atoms with E-state index < -0.39 is 0 Å². The van der Waals surface area contributed by atoms with E-state index in [-0.39, 0.29) is 5.91 Å². The van der Waals surface area contributed by atoms with Gasteiger partial charge in [-0.05, 0) is 25.0 Å². The predicted octanol–water partition coefficient (Wildman–Crippen LogP) is 3.53. The Balaban J connectivity index is 1.56. The number of aromatic nitrogens is 1. The number of thiazole rings is 1. The Kier molecular flexibility index (Phi) is 3.12. The van der Waals surface area contributed by atoms with Gasteiger partial charge in [-0.25, -0.2) is 4.98 Å². The fourth-order valence-corrected chi connectivity index (χ4v) is 3.67. The number of benzene rings is 1. The number of fused-ring (bicyclic) bond motifs is 1. The van der Waals surface area contributed by atoms with Crippen molar-refractivity contribution < 1.29 is 4.79 Å². The molecule has 1 aromatic heterocycles. The van der Waals surface area contributed by atoms with Gasteiger partial charge in [-0.1, -0.05) is 17.7 Å². The Labute approximate surface area is 131 Å². The summed E-state index contributed by atoms with van der Waals surface area (Å²) in [7, 11) is 0. The lowest BCUT2D eigenvalue weighted by Gasteiger charge is -2.14. The molecule has 4 nitrogen and oxygen atoms in total. The minimum atomic E-state index is 0.178. The first-order valence-electron chi connectivity index (χ1n) is 6.99. The zero-order valence-electron chi connectivity index (χ0n) is 11.3. The summed E-state index contributed by atoms with van der Waals surface area (Å²) in [5, 5.41) is 3.41. The van der Waals surface area contributed by atoms with Crippen molar-refractivity contribution in [2.75, 3.05) is 5.32 Å². The van der Waals surface area contributed by atoms with Gasteiger partial charge in [0.15, 0.2) is 4.47 Å². The molecule has 0 spiro atoms. The number of carbonyl (C=O) groups excluding carboxylic acids is 1. The van der Waals surface area contributed by atoms with Gasteiger partial charge in [-0.15, -0.1) is 11.3 Å². The van der Waals surface area contributed by atoms with Gasteiger partial charge in [-0.3, -0.25) is 4.79 Å². The number of hydrogen-bond acceptors (Lipinski definition) is 4. The average molecular weight is 320 g/mol. The summed E-state index contributed by atoms with van der Waals surface area (Å²) in [5.41, 5.74) is 2.99. The highest BCUT2D eigenvalue weighted by Crippen LogP contribution is 2.37. The standard InChI is InChI=1S/C15H14ClN3OS/c16-15-18-7-10(21-15)6-17-13-3-1-2-11-12(13)8-19(14(11)20)9-4-5-9/h1-3,7,9,17H,4-6,8H2. The molecule has 21 heavy (non-hydrogen) atoms. The first-order chi connectivity index (χ1) is 10.2. The van der Waals surface area contributed by atoms with Crippen molar-refractivity contribution in [2.45, 2.75) is 32.0 Å². The molecular formula is C15H14ClN3OS. The van der Waals surface area contributed by atoms with Crippen LogP contribution in [0.1, 0.15) is 33.6 Å². The van der Waals surface area contributed by atoms with Crippen LogP contribution in [-0.4, -0.2) is 21.8 Å². The third-order valence-electron chi connectivity index (χ3n) is 3.96. The van der Waals surface area contributed by atoms with Crippen molar-refractivity contribution >= 4 is 34.5 Å². The molecule has 6 heteroatoms. The van der Waals surface area contributed by atoms with Crippen LogP contribution in [0.3, 0.4) is 0 Å². The maximum absolute atomic E-state index is 12.4. The summed E-state index contributed by atoms with van der Waals surface area (Å²) >= 11 is 7.31. The quantitative estimate of drug-likeness (QED) is 0.937. The predicted molar refractivity (Wildman–Crippen MR) is 83.8 cm³/mol. The average Bonchev–Trinajstić information content (AvgIpc) is 3.16. The van der Waals surface area contributed by atoms with Crippen LogP contribution in [-0.2, 0) is 13.1 Å². The van der Waals surface area contributed by atoms with Crippen LogP contribution in [0.25, 0.3) is 0 Å². The molecule has 0 atom stereocenters. The number of rotatable bonds is 4. The smallest absolute Gasteiger partial charge is 0.254 e. The zero-order chi connectivity index (χ0) is 14.4. The van der Waals surface area contributed by atoms with Crippen molar-refractivity contribution in [2.24, 2.45) is 0 Å². The van der Waals surface area contributed by atoms with Crippen LogP contribution < -0.4 is 5.32 Å². The topological polar surface area (TPSA) is 45.2 Å². The molecule has 1 fully saturated rings. The van der Waals surface area contributed by atoms with Gasteiger partial charge in [0.2, 0.25) is 0 Å². The first kappa shape index (κ1) is 13.1. The summed E-state index contributed by atoms with van der Waals surface area (Å²) in [6.45, 7) is 1.41. The molecule has 2 aliphatic rings. The summed E-state index contributed by atoms with van der Waals surface area (Å²) in [4.78, 5) is 19.5. The SMILES string of the molecule is O=C1c2cccc(NCc3cnc(Cl)s3)c2CN1C1CC1. The number of hydrogen-bond donors (Lipinski definition) is 1. The first-order valence-corrected chi connectivity index (χ1v) is 8.19. The van der Waals surface area contributed by atoms with Gasteiger partial charge in [0.25, 0.3) is 5.91 Å². The maximum atomic E-state index is 12.4. The van der Waals surface area contributed by atoms with E-state index in [0.29, 0.717) is 17.1 Å². The van der Waals surface area contributed by atoms with E-state index in [1.807, 2.05) is 23.1 Å². The van der Waals surface area contributed by atoms with Gasteiger partial charge in [0.1, 0.15) is 0 Å². The summed E-state index contributed by atoms with van der Waals surface area (Å²) in [6.07, 6.45) is 4.06. The summed E-state index contributed by atoms with van der Waals surface area (Å²) < 4.78 is 0.556. The van der Waals surface area contributed by atoms with Crippen molar-refractivity contribution in [1.82, 2.24) is 9.88 Å². The van der Waals surface area contributed by atoms with Gasteiger partial charge in [0, 0.05) is 40.5 Å². The van der Waals surface area contributed by atoms with Gasteiger partial charge in [0.05, 0.1) is 6.54 Å². The second-order valence-electron chi connectivity index (χ2n) is 5.43. The molecule has 2 aromatic rings. The van der Waals surface area contributed by atoms with Crippen LogP contribution in [0.5, 0.6) is 0 Å². The Morgan fingerprint density at radius 3 is 3.00 bits per heavy atom. The lowest BCUT2D eigenvalue weighted by Crippen LogP contribution is -2.25. The molecular weight excluding hydrogens is 306 g/mol. The molecule has 1 aromatic carbocycles. The number of nitrogens with zero attached hydrogens (tertiary/aromatic N) is 2. The Morgan fingerprint density at radius 1 is 1.43 bits per heavy atom. The molecule has 0 bridgehead atoms. The lowest BCUT2D eigenvalue weighted by molar-refractivity contribution is 0.0766. The summed E-state index contributed by atoms with van der Waals surface area (Å²) in [6, 6.07) is 6.35. The van der Waals surface area contributed by atoms with E-state index in [9.17, 15) is 4.79 Å². The van der Waals surface area contributed by atoms with E-state index in [1.54, 1.807) is 6.20 Å². The van der Waals surface area contributed by atoms with Crippen molar-refractivity contribution in [3.05, 3.63) is 44.9 Å². The lowest BCUT2D eigenvalue weighted by atomic mass is 10.1. The second-order valence-corrected chi connectivity index (χ2v) is 7.13. The van der Waals surface area contributed by atoms with Crippen LogP contribution in [0.4, 0.5) is 5.69 Å². The normalized spacial score (nSPS) is 17.2. The molecule has 1 amide bonds. The fourth-order valence-electron chi connectivity index (χ4n) is 2.75. The van der Waals surface area contributed by atoms with Gasteiger partial charge < -0.3 is 10.2 Å². The van der Waals surface area contributed by atoms with E-state index in [1.165, 1.54) is 11.3 Å². The van der Waals surface area contributed by atoms with Crippen LogP contribution in [0, 0.1) is 0 Å². The largest absolute Gasteiger partial charge is 0.380 e. The monoisotopic (exact) mass is 319 g/mol. The molecule has 0 radical (unpaired) electrons. The second kappa shape index (κ2) is 5.00. The van der Waals surface area contributed by atoms with E-state index in [2.05, 4.69) is 10.3 Å². The minimum absolute atomic E-state index is 0.178. The van der Waals surface area contributed by atoms with Crippen molar-refractivity contribution in [3.8, 4) is 0 Å². The highest BCUT2D eigenvalue weighted by Gasteiger charge is 2.38. The number of carbonyl (C=O) groups is 1. The van der Waals surface area contributed by atoms with Crippen LogP contribution >= 0.6 is 22.9 Å². The van der Waals surface area contributed by atoms with Crippen molar-refractivity contribution in [3.63, 3.8) is 0 Å². The number of nitrogens with one attached hydrogen (secondary N) is 1. The minimum Gasteiger partial charge on any atom is -0.380 e. The molecule has 1 N–H and O–H groups in total. The zero-order valence-corrected chi connectivity index (χ0v) is 12.9. The number of halogens is 1. The molecule has 1 saturated carbocycles. The summed E-state index contributed by atoms with van der Waals surface area (Å²) in [5.74, 6) is 0.178. The molecule has 1 aliphatic heterocycles. The highest BCUT2D eigenvalue weighted by molar-refractivity contribution is 7.15.